The van der Waals surface area contributed by atoms with Gasteiger partial charge in [-0.15, -0.1) is 0 Å². The summed E-state index contributed by atoms with van der Waals surface area (Å²) >= 11 is 12.4. The van der Waals surface area contributed by atoms with Crippen LogP contribution in [0.1, 0.15) is 63.0 Å². The number of carbonyl (C=O) groups is 2. The first kappa shape index (κ1) is 23.6. The number of ketones is 1. The molecular formula is C27H27Cl2NO3. The van der Waals surface area contributed by atoms with Gasteiger partial charge < -0.3 is 10.1 Å². The second-order valence-corrected chi connectivity index (χ2v) is 9.62. The van der Waals surface area contributed by atoms with Gasteiger partial charge in [0.2, 0.25) is 0 Å². The third kappa shape index (κ3) is 4.87. The van der Waals surface area contributed by atoms with Crippen molar-refractivity contribution in [1.82, 2.24) is 5.32 Å². The predicted octanol–water partition coefficient (Wildman–Crippen LogP) is 6.70. The van der Waals surface area contributed by atoms with Gasteiger partial charge in [-0.05, 0) is 68.0 Å². The molecule has 0 radical (unpaired) electrons. The maximum absolute atomic E-state index is 13.6. The second-order valence-electron chi connectivity index (χ2n) is 8.75. The molecule has 0 saturated heterocycles. The normalized spacial score (nSPS) is 21.4. The molecule has 2 aliphatic rings. The van der Waals surface area contributed by atoms with Gasteiger partial charge in [0.1, 0.15) is 0 Å². The fourth-order valence-corrected chi connectivity index (χ4v) is 4.95. The van der Waals surface area contributed by atoms with Gasteiger partial charge >= 0.3 is 5.97 Å². The molecule has 1 aliphatic heterocycles. The Morgan fingerprint density at radius 2 is 1.82 bits per heavy atom. The molecule has 0 fully saturated rings. The number of ether oxygens (including phenoxy) is 1. The van der Waals surface area contributed by atoms with Crippen molar-refractivity contribution < 1.29 is 14.3 Å². The lowest BCUT2D eigenvalue weighted by Gasteiger charge is -2.37. The Bertz CT molecular complexity index is 1150. The van der Waals surface area contributed by atoms with E-state index in [0.717, 1.165) is 16.8 Å². The Morgan fingerprint density at radius 1 is 1.09 bits per heavy atom. The predicted molar refractivity (Wildman–Crippen MR) is 131 cm³/mol. The topological polar surface area (TPSA) is 55.4 Å². The van der Waals surface area contributed by atoms with Crippen LogP contribution < -0.4 is 5.32 Å². The number of dihydropyridines is 1. The summed E-state index contributed by atoms with van der Waals surface area (Å²) in [5, 5.41) is 4.60. The summed E-state index contributed by atoms with van der Waals surface area (Å²) in [6, 6.07) is 15.0. The largest absolute Gasteiger partial charge is 0.459 e. The van der Waals surface area contributed by atoms with Crippen molar-refractivity contribution in [1.29, 1.82) is 0 Å². The highest BCUT2D eigenvalue weighted by Gasteiger charge is 2.41. The average molecular weight is 484 g/mol. The smallest absolute Gasteiger partial charge is 0.337 e. The summed E-state index contributed by atoms with van der Waals surface area (Å²) < 4.78 is 5.69. The van der Waals surface area contributed by atoms with Crippen LogP contribution in [0.4, 0.5) is 0 Å². The molecule has 0 amide bonds. The van der Waals surface area contributed by atoms with Gasteiger partial charge in [0.25, 0.3) is 0 Å². The standard InChI is InChI=1S/C27H27Cl2NO3/c1-4-15(2)33-27(32)24-16(3)30-22-13-19(17-8-10-20(28)11-9-17)14-23(31)26(22)25(24)18-6-5-7-21(29)12-18/h5-12,15,19,25,30H,4,13-14H2,1-3H3/t15-,19+,25+/m0/s1. The molecule has 2 aromatic carbocycles. The highest BCUT2D eigenvalue weighted by Crippen LogP contribution is 2.46. The summed E-state index contributed by atoms with van der Waals surface area (Å²) in [5.41, 5.74) is 4.54. The zero-order chi connectivity index (χ0) is 23.7. The van der Waals surface area contributed by atoms with Crippen molar-refractivity contribution in [3.05, 3.63) is 92.2 Å². The SMILES string of the molecule is CC[C@H](C)OC(=O)C1=C(C)NC2=C(C(=O)C[C@H](c3ccc(Cl)cc3)C2)[C@@H]1c1cccc(Cl)c1. The quantitative estimate of drug-likeness (QED) is 0.480. The van der Waals surface area contributed by atoms with E-state index in [4.69, 9.17) is 27.9 Å². The number of nitrogens with one attached hydrogen (secondary N) is 1. The van der Waals surface area contributed by atoms with Gasteiger partial charge in [-0.25, -0.2) is 4.79 Å². The molecule has 0 unspecified atom stereocenters. The summed E-state index contributed by atoms with van der Waals surface area (Å²) in [5.74, 6) is -0.855. The monoisotopic (exact) mass is 483 g/mol. The lowest BCUT2D eigenvalue weighted by molar-refractivity contribution is -0.144. The van der Waals surface area contributed by atoms with E-state index < -0.39 is 11.9 Å². The van der Waals surface area contributed by atoms with E-state index in [0.29, 0.717) is 46.2 Å². The van der Waals surface area contributed by atoms with Gasteiger partial charge in [-0.2, -0.15) is 0 Å². The molecule has 0 spiro atoms. The van der Waals surface area contributed by atoms with E-state index in [9.17, 15) is 9.59 Å². The lowest BCUT2D eigenvalue weighted by Crippen LogP contribution is -2.36. The Labute approximate surface area is 204 Å². The van der Waals surface area contributed by atoms with Crippen LogP contribution in [0, 0.1) is 0 Å². The first-order valence-electron chi connectivity index (χ1n) is 11.2. The van der Waals surface area contributed by atoms with E-state index in [2.05, 4.69) is 5.32 Å². The molecule has 1 heterocycles. The van der Waals surface area contributed by atoms with Crippen molar-refractivity contribution in [3.8, 4) is 0 Å². The number of carbonyl (C=O) groups excluding carboxylic acids is 2. The van der Waals surface area contributed by atoms with Crippen LogP contribution in [0.25, 0.3) is 0 Å². The van der Waals surface area contributed by atoms with E-state index in [1.54, 1.807) is 6.07 Å². The fourth-order valence-electron chi connectivity index (χ4n) is 4.63. The maximum Gasteiger partial charge on any atom is 0.337 e. The Hall–Kier alpha value is -2.56. The first-order valence-corrected chi connectivity index (χ1v) is 12.0. The van der Waals surface area contributed by atoms with Gasteiger partial charge in [0.05, 0.1) is 11.7 Å². The van der Waals surface area contributed by atoms with Crippen LogP contribution in [0.2, 0.25) is 10.0 Å². The van der Waals surface area contributed by atoms with E-state index in [1.165, 1.54) is 0 Å². The molecule has 2 aromatic rings. The number of halogens is 2. The number of Topliss-reactive ketones (excluding diaryl/α,β-unsaturated/α-hetero) is 1. The molecule has 1 aliphatic carbocycles. The highest BCUT2D eigenvalue weighted by molar-refractivity contribution is 6.30. The number of allylic oxidation sites excluding steroid dienone is 3. The van der Waals surface area contributed by atoms with Crippen molar-refractivity contribution in [3.63, 3.8) is 0 Å². The highest BCUT2D eigenvalue weighted by atomic mass is 35.5. The minimum Gasteiger partial charge on any atom is -0.459 e. The van der Waals surface area contributed by atoms with Crippen LogP contribution in [-0.4, -0.2) is 17.9 Å². The molecule has 0 bridgehead atoms. The minimum atomic E-state index is -0.518. The number of hydrogen-bond acceptors (Lipinski definition) is 4. The molecule has 33 heavy (non-hydrogen) atoms. The van der Waals surface area contributed by atoms with Crippen LogP contribution in [0.15, 0.2) is 71.1 Å². The second kappa shape index (κ2) is 9.74. The van der Waals surface area contributed by atoms with E-state index in [-0.39, 0.29) is 17.8 Å². The Kier molecular flexibility index (Phi) is 6.96. The fraction of sp³-hybridized carbons (Fsp3) is 0.333. The van der Waals surface area contributed by atoms with Crippen molar-refractivity contribution in [2.75, 3.05) is 0 Å². The molecule has 3 atom stereocenters. The Balaban J connectivity index is 1.78. The third-order valence-corrected chi connectivity index (χ3v) is 6.94. The third-order valence-electron chi connectivity index (χ3n) is 6.45. The van der Waals surface area contributed by atoms with Gasteiger partial charge in [0.15, 0.2) is 5.78 Å². The number of benzene rings is 2. The van der Waals surface area contributed by atoms with Crippen molar-refractivity contribution in [2.45, 2.75) is 58.0 Å². The van der Waals surface area contributed by atoms with Gasteiger partial charge in [-0.3, -0.25) is 4.79 Å². The zero-order valence-corrected chi connectivity index (χ0v) is 20.5. The molecular weight excluding hydrogens is 457 g/mol. The van der Waals surface area contributed by atoms with Gasteiger partial charge in [0, 0.05) is 39.4 Å². The summed E-state index contributed by atoms with van der Waals surface area (Å²) in [6.07, 6.45) is 1.53. The van der Waals surface area contributed by atoms with Crippen molar-refractivity contribution >= 4 is 35.0 Å². The average Bonchev–Trinajstić information content (AvgIpc) is 2.78. The minimum absolute atomic E-state index is 0.0232. The Morgan fingerprint density at radius 3 is 2.48 bits per heavy atom. The molecule has 0 aromatic heterocycles. The molecule has 0 saturated carbocycles. The summed E-state index contributed by atoms with van der Waals surface area (Å²) in [7, 11) is 0. The van der Waals surface area contributed by atoms with Crippen molar-refractivity contribution in [2.24, 2.45) is 0 Å². The van der Waals surface area contributed by atoms with Crippen LogP contribution >= 0.6 is 23.2 Å². The zero-order valence-electron chi connectivity index (χ0n) is 19.0. The molecule has 1 N–H and O–H groups in total. The van der Waals surface area contributed by atoms with Crippen LogP contribution in [0.5, 0.6) is 0 Å². The first-order chi connectivity index (χ1) is 15.8. The maximum atomic E-state index is 13.6. The number of hydrogen-bond donors (Lipinski definition) is 1. The van der Waals surface area contributed by atoms with Crippen LogP contribution in [-0.2, 0) is 14.3 Å². The summed E-state index contributed by atoms with van der Waals surface area (Å²) in [4.78, 5) is 26.8. The van der Waals surface area contributed by atoms with E-state index >= 15 is 0 Å². The number of esters is 1. The lowest BCUT2D eigenvalue weighted by atomic mass is 9.72. The van der Waals surface area contributed by atoms with Crippen LogP contribution in [0.3, 0.4) is 0 Å². The molecule has 172 valence electrons. The molecule has 6 heteroatoms. The van der Waals surface area contributed by atoms with Gasteiger partial charge in [-0.1, -0.05) is 54.4 Å². The van der Waals surface area contributed by atoms with E-state index in [1.807, 2.05) is 63.2 Å². The molecule has 4 rings (SSSR count). The summed E-state index contributed by atoms with van der Waals surface area (Å²) in [6.45, 7) is 5.70. The molecule has 4 nitrogen and oxygen atoms in total. The number of rotatable bonds is 5.